The van der Waals surface area contributed by atoms with Gasteiger partial charge in [-0.05, 0) is 68.2 Å². The third-order valence-corrected chi connectivity index (χ3v) is 11.6. The van der Waals surface area contributed by atoms with E-state index >= 15 is 4.39 Å². The van der Waals surface area contributed by atoms with Gasteiger partial charge in [0.1, 0.15) is 24.9 Å². The summed E-state index contributed by atoms with van der Waals surface area (Å²) in [5.41, 5.74) is 2.99. The standard InChI is InChI=1S/C40H48FN9O7/c1-24(51)49-13-4-7-32(49)40(57)48-14-10-25(22-48)8-9-36(54)47-15-11-26(12-16-47)39-38-28(29-18-33-27(17-30(29)41)19-44-46(33)2)5-3-6-31(38)50(45-39)23-35(53)42-20-34(52)43-21-37(55)56/h3,5-6,17-19,25-26,32H,4,7-16,20-23H2,1-2H3,(H,42,53)(H,43,52)(H,55,56). The molecule has 16 nitrogen and oxygen atoms in total. The van der Waals surface area contributed by atoms with Gasteiger partial charge >= 0.3 is 5.97 Å². The van der Waals surface area contributed by atoms with Crippen molar-refractivity contribution in [3.63, 3.8) is 0 Å². The Balaban J connectivity index is 1.04. The van der Waals surface area contributed by atoms with Crippen molar-refractivity contribution in [1.82, 2.24) is 44.9 Å². The summed E-state index contributed by atoms with van der Waals surface area (Å²) < 4.78 is 19.1. The molecular formula is C40H48FN9O7. The minimum Gasteiger partial charge on any atom is -0.480 e. The molecule has 4 aromatic rings. The Hall–Kier alpha value is -5.87. The van der Waals surface area contributed by atoms with Gasteiger partial charge in [0.15, 0.2) is 0 Å². The van der Waals surface area contributed by atoms with Crippen molar-refractivity contribution in [1.29, 1.82) is 0 Å². The van der Waals surface area contributed by atoms with Gasteiger partial charge in [0.25, 0.3) is 0 Å². The van der Waals surface area contributed by atoms with E-state index in [2.05, 4.69) is 15.7 Å². The number of hydrogen-bond donors (Lipinski definition) is 3. The highest BCUT2D eigenvalue weighted by Gasteiger charge is 2.38. The minimum absolute atomic E-state index is 0.0120. The average molecular weight is 786 g/mol. The largest absolute Gasteiger partial charge is 0.480 e. The maximum absolute atomic E-state index is 15.8. The number of carbonyl (C=O) groups excluding carboxylic acids is 5. The number of hydrogen-bond acceptors (Lipinski definition) is 8. The highest BCUT2D eigenvalue weighted by atomic mass is 19.1. The molecule has 3 fully saturated rings. The average Bonchev–Trinajstić information content (AvgIpc) is 4.02. The molecule has 2 aromatic carbocycles. The molecule has 0 saturated carbocycles. The SMILES string of the molecule is CC(=O)N1CCCC1C(=O)N1CCC(CCC(=O)N2CCC(c3nn(CC(=O)NCC(=O)NCC(=O)O)c4cccc(-c5cc6c(cnn6C)cc5F)c34)CC2)C1. The first-order chi connectivity index (χ1) is 27.4. The topological polar surface area (TPSA) is 192 Å². The summed E-state index contributed by atoms with van der Waals surface area (Å²) in [5, 5.41) is 24.1. The van der Waals surface area contributed by atoms with Crippen LogP contribution in [0.5, 0.6) is 0 Å². The highest BCUT2D eigenvalue weighted by Crippen LogP contribution is 2.40. The van der Waals surface area contributed by atoms with Gasteiger partial charge in [-0.25, -0.2) is 4.39 Å². The van der Waals surface area contributed by atoms with E-state index in [9.17, 15) is 28.8 Å². The summed E-state index contributed by atoms with van der Waals surface area (Å²) in [7, 11) is 1.79. The van der Waals surface area contributed by atoms with Crippen LogP contribution >= 0.6 is 0 Å². The molecule has 0 aliphatic carbocycles. The number of fused-ring (bicyclic) bond motifs is 2. The molecule has 3 aliphatic heterocycles. The summed E-state index contributed by atoms with van der Waals surface area (Å²) in [6.07, 6.45) is 6.21. The molecule has 0 spiro atoms. The molecule has 5 amide bonds. The van der Waals surface area contributed by atoms with E-state index in [1.807, 2.05) is 21.9 Å². The molecule has 5 heterocycles. The third-order valence-electron chi connectivity index (χ3n) is 11.6. The molecule has 2 aromatic heterocycles. The second-order valence-corrected chi connectivity index (χ2v) is 15.4. The van der Waals surface area contributed by atoms with Crippen molar-refractivity contribution < 1.29 is 38.3 Å². The van der Waals surface area contributed by atoms with Gasteiger partial charge in [0.05, 0.1) is 29.5 Å². The Kier molecular flexibility index (Phi) is 11.5. The van der Waals surface area contributed by atoms with Crippen molar-refractivity contribution in [3.05, 3.63) is 48.0 Å². The molecule has 2 atom stereocenters. The van der Waals surface area contributed by atoms with E-state index < -0.39 is 36.7 Å². The number of benzene rings is 2. The van der Waals surface area contributed by atoms with E-state index in [1.54, 1.807) is 35.0 Å². The first-order valence-electron chi connectivity index (χ1n) is 19.6. The molecular weight excluding hydrogens is 737 g/mol. The molecule has 2 unspecified atom stereocenters. The predicted molar refractivity (Wildman–Crippen MR) is 206 cm³/mol. The van der Waals surface area contributed by atoms with Crippen LogP contribution in [0.25, 0.3) is 32.9 Å². The number of aliphatic carboxylic acids is 1. The smallest absolute Gasteiger partial charge is 0.322 e. The number of likely N-dealkylation sites (tertiary alicyclic amines) is 3. The second kappa shape index (κ2) is 16.7. The van der Waals surface area contributed by atoms with Crippen molar-refractivity contribution in [3.8, 4) is 11.1 Å². The van der Waals surface area contributed by atoms with E-state index in [0.717, 1.165) is 18.4 Å². The zero-order valence-corrected chi connectivity index (χ0v) is 32.2. The molecule has 3 N–H and O–H groups in total. The summed E-state index contributed by atoms with van der Waals surface area (Å²) in [6.45, 7) is 3.13. The molecule has 7 rings (SSSR count). The number of carboxylic acids is 1. The van der Waals surface area contributed by atoms with Crippen LogP contribution in [0.3, 0.4) is 0 Å². The Morgan fingerprint density at radius 2 is 1.65 bits per heavy atom. The predicted octanol–water partition coefficient (Wildman–Crippen LogP) is 2.39. The number of carboxylic acid groups (broad SMARTS) is 1. The summed E-state index contributed by atoms with van der Waals surface area (Å²) in [6, 6.07) is 8.24. The van der Waals surface area contributed by atoms with Gasteiger partial charge < -0.3 is 30.4 Å². The van der Waals surface area contributed by atoms with E-state index in [4.69, 9.17) is 10.2 Å². The maximum Gasteiger partial charge on any atom is 0.322 e. The maximum atomic E-state index is 15.8. The van der Waals surface area contributed by atoms with E-state index in [1.165, 1.54) is 17.7 Å². The number of piperidine rings is 1. The first kappa shape index (κ1) is 39.4. The number of nitrogens with one attached hydrogen (secondary N) is 2. The fourth-order valence-corrected chi connectivity index (χ4v) is 8.64. The molecule has 3 saturated heterocycles. The van der Waals surface area contributed by atoms with Gasteiger partial charge in [-0.2, -0.15) is 10.2 Å². The van der Waals surface area contributed by atoms with E-state index in [-0.39, 0.29) is 42.1 Å². The zero-order chi connectivity index (χ0) is 40.4. The van der Waals surface area contributed by atoms with Crippen LogP contribution < -0.4 is 10.6 Å². The monoisotopic (exact) mass is 785 g/mol. The van der Waals surface area contributed by atoms with Crippen LogP contribution in [0.15, 0.2) is 36.5 Å². The number of nitrogens with zero attached hydrogens (tertiary/aromatic N) is 7. The molecule has 3 aliphatic rings. The van der Waals surface area contributed by atoms with Crippen LogP contribution in [0.4, 0.5) is 4.39 Å². The van der Waals surface area contributed by atoms with Gasteiger partial charge in [-0.15, -0.1) is 0 Å². The number of rotatable bonds is 12. The second-order valence-electron chi connectivity index (χ2n) is 15.4. The van der Waals surface area contributed by atoms with Crippen molar-refractivity contribution >= 4 is 57.3 Å². The van der Waals surface area contributed by atoms with Crippen LogP contribution in [0.2, 0.25) is 0 Å². The highest BCUT2D eigenvalue weighted by molar-refractivity contribution is 6.00. The van der Waals surface area contributed by atoms with Crippen LogP contribution in [0, 0.1) is 11.7 Å². The quantitative estimate of drug-likeness (QED) is 0.194. The number of aryl methyl sites for hydroxylation is 1. The molecule has 0 bridgehead atoms. The fraction of sp³-hybridized carbons (Fsp3) is 0.500. The van der Waals surface area contributed by atoms with Crippen LogP contribution in [-0.4, -0.2) is 127 Å². The number of carbonyl (C=O) groups is 6. The zero-order valence-electron chi connectivity index (χ0n) is 32.2. The Morgan fingerprint density at radius 1 is 0.895 bits per heavy atom. The number of amides is 5. The summed E-state index contributed by atoms with van der Waals surface area (Å²) in [5.74, 6) is -2.69. The van der Waals surface area contributed by atoms with Crippen molar-refractivity contribution in [2.45, 2.75) is 70.4 Å². The number of aromatic nitrogens is 4. The summed E-state index contributed by atoms with van der Waals surface area (Å²) >= 11 is 0. The van der Waals surface area contributed by atoms with Gasteiger partial charge in [-0.1, -0.05) is 12.1 Å². The summed E-state index contributed by atoms with van der Waals surface area (Å²) in [4.78, 5) is 80.0. The lowest BCUT2D eigenvalue weighted by molar-refractivity contribution is -0.142. The Morgan fingerprint density at radius 3 is 2.40 bits per heavy atom. The number of halogens is 1. The normalized spacial score (nSPS) is 18.8. The van der Waals surface area contributed by atoms with E-state index in [0.29, 0.717) is 97.9 Å². The molecule has 302 valence electrons. The third kappa shape index (κ3) is 8.46. The lowest BCUT2D eigenvalue weighted by Crippen LogP contribution is -2.46. The molecule has 57 heavy (non-hydrogen) atoms. The fourth-order valence-electron chi connectivity index (χ4n) is 8.64. The first-order valence-corrected chi connectivity index (χ1v) is 19.6. The lowest BCUT2D eigenvalue weighted by atomic mass is 9.88. The van der Waals surface area contributed by atoms with Gasteiger partial charge in [0.2, 0.25) is 29.5 Å². The molecule has 0 radical (unpaired) electrons. The minimum atomic E-state index is -1.20. The molecule has 17 heteroatoms. The Labute approximate surface area is 328 Å². The Bertz CT molecular complexity index is 2230. The van der Waals surface area contributed by atoms with Gasteiger partial charge in [-0.3, -0.25) is 38.1 Å². The van der Waals surface area contributed by atoms with Crippen LogP contribution in [0.1, 0.15) is 63.5 Å². The van der Waals surface area contributed by atoms with Crippen molar-refractivity contribution in [2.75, 3.05) is 45.8 Å². The van der Waals surface area contributed by atoms with Gasteiger partial charge in [0, 0.05) is 75.4 Å². The van der Waals surface area contributed by atoms with Crippen molar-refractivity contribution in [2.24, 2.45) is 13.0 Å². The lowest BCUT2D eigenvalue weighted by Gasteiger charge is -2.32. The van der Waals surface area contributed by atoms with Crippen LogP contribution in [-0.2, 0) is 42.4 Å².